The predicted octanol–water partition coefficient (Wildman–Crippen LogP) is 8.08. The Kier molecular flexibility index (Phi) is 6.93. The molecule has 35 heavy (non-hydrogen) atoms. The van der Waals surface area contributed by atoms with E-state index in [2.05, 4.69) is 126 Å². The Morgan fingerprint density at radius 1 is 0.714 bits per heavy atom. The van der Waals surface area contributed by atoms with Gasteiger partial charge in [-0.3, -0.25) is 4.99 Å². The van der Waals surface area contributed by atoms with Crippen LogP contribution in [0, 0.1) is 0 Å². The van der Waals surface area contributed by atoms with Crippen LogP contribution in [0.1, 0.15) is 22.7 Å². The van der Waals surface area contributed by atoms with E-state index in [4.69, 9.17) is 0 Å². The third kappa shape index (κ3) is 5.13. The summed E-state index contributed by atoms with van der Waals surface area (Å²) in [5, 5.41) is 6.27. The molecule has 0 saturated heterocycles. The Hall–Kier alpha value is -4.27. The highest BCUT2D eigenvalue weighted by molar-refractivity contribution is 5.98. The smallest absolute Gasteiger partial charge is 0.0673 e. The van der Waals surface area contributed by atoms with Crippen LogP contribution >= 0.6 is 0 Å². The molecule has 2 nitrogen and oxygen atoms in total. The summed E-state index contributed by atoms with van der Waals surface area (Å²) in [7, 11) is 0. The quantitative estimate of drug-likeness (QED) is 0.236. The molecule has 0 aliphatic carbocycles. The largest absolute Gasteiger partial charge is 0.303 e. The molecule has 1 N–H and O–H groups in total. The number of aliphatic imine (C=N–C) groups is 1. The highest BCUT2D eigenvalue weighted by Gasteiger charge is 2.18. The molecule has 0 aliphatic rings. The molecular weight excluding hydrogens is 424 g/mol. The minimum absolute atomic E-state index is 0.0734. The molecule has 0 fully saturated rings. The van der Waals surface area contributed by atoms with E-state index < -0.39 is 0 Å². The fraction of sp³-hybridized carbons (Fsp3) is 0.0606. The Labute approximate surface area is 207 Å². The van der Waals surface area contributed by atoms with Crippen LogP contribution in [-0.2, 0) is 6.54 Å². The molecule has 0 bridgehead atoms. The number of fused-ring (bicyclic) bond motifs is 1. The van der Waals surface area contributed by atoms with E-state index in [0.29, 0.717) is 0 Å². The van der Waals surface area contributed by atoms with Crippen molar-refractivity contribution in [1.29, 1.82) is 0 Å². The zero-order chi connectivity index (χ0) is 23.9. The molecule has 0 aromatic heterocycles. The second-order valence-corrected chi connectivity index (χ2v) is 8.54. The molecule has 170 valence electrons. The van der Waals surface area contributed by atoms with Gasteiger partial charge >= 0.3 is 0 Å². The van der Waals surface area contributed by atoms with Crippen LogP contribution in [0.5, 0.6) is 0 Å². The molecule has 5 rings (SSSR count). The Morgan fingerprint density at radius 2 is 1.34 bits per heavy atom. The van der Waals surface area contributed by atoms with Gasteiger partial charge in [-0.1, -0.05) is 127 Å². The van der Waals surface area contributed by atoms with Crippen molar-refractivity contribution in [3.63, 3.8) is 0 Å². The molecule has 0 amide bonds. The fourth-order valence-corrected chi connectivity index (χ4v) is 4.56. The van der Waals surface area contributed by atoms with Crippen molar-refractivity contribution < 1.29 is 0 Å². The summed E-state index contributed by atoms with van der Waals surface area (Å²) in [5.74, 6) is 0. The van der Waals surface area contributed by atoms with Crippen LogP contribution in [0.4, 0.5) is 0 Å². The first-order valence-electron chi connectivity index (χ1n) is 11.9. The number of rotatable bonds is 8. The molecule has 5 aromatic carbocycles. The van der Waals surface area contributed by atoms with Gasteiger partial charge in [-0.15, -0.1) is 0 Å². The molecule has 0 heterocycles. The molecule has 0 spiro atoms. The van der Waals surface area contributed by atoms with Crippen LogP contribution in [0.2, 0.25) is 0 Å². The summed E-state index contributed by atoms with van der Waals surface area (Å²) in [6.45, 7) is 4.63. The van der Waals surface area contributed by atoms with Crippen molar-refractivity contribution >= 4 is 23.2 Å². The number of nitrogens with zero attached hydrogens (tertiary/aromatic N) is 1. The fourth-order valence-electron chi connectivity index (χ4n) is 4.56. The molecule has 0 saturated carbocycles. The maximum absolute atomic E-state index is 4.41. The maximum Gasteiger partial charge on any atom is 0.0673 e. The van der Waals surface area contributed by atoms with E-state index in [0.717, 1.165) is 17.8 Å². The summed E-state index contributed by atoms with van der Waals surface area (Å²) in [4.78, 5) is 4.41. The summed E-state index contributed by atoms with van der Waals surface area (Å²) in [6, 6.07) is 44.4. The standard InChI is InChI=1S/C33H28N2/c1-34-31(27-16-7-3-8-17-27)23-32(35-24-25-13-5-2-6-14-25)30-22-21-26-15-11-12-20-29(26)33(30)28-18-9-4-10-19-28/h2-23,32,35H,1,24H2/b31-23-. The van der Waals surface area contributed by atoms with Gasteiger partial charge in [0.15, 0.2) is 0 Å². The van der Waals surface area contributed by atoms with Crippen molar-refractivity contribution in [2.24, 2.45) is 4.99 Å². The third-order valence-corrected chi connectivity index (χ3v) is 6.29. The maximum atomic E-state index is 4.41. The number of benzene rings is 5. The minimum Gasteiger partial charge on any atom is -0.303 e. The predicted molar refractivity (Wildman–Crippen MR) is 149 cm³/mol. The normalized spacial score (nSPS) is 12.4. The first-order chi connectivity index (χ1) is 17.3. The molecule has 1 atom stereocenters. The van der Waals surface area contributed by atoms with E-state index in [1.165, 1.54) is 33.0 Å². The van der Waals surface area contributed by atoms with Gasteiger partial charge in [-0.25, -0.2) is 0 Å². The minimum atomic E-state index is -0.0734. The Morgan fingerprint density at radius 3 is 2.06 bits per heavy atom. The van der Waals surface area contributed by atoms with Crippen molar-refractivity contribution in [1.82, 2.24) is 5.32 Å². The van der Waals surface area contributed by atoms with Gasteiger partial charge in [0.1, 0.15) is 0 Å². The van der Waals surface area contributed by atoms with Crippen LogP contribution < -0.4 is 5.32 Å². The first kappa shape index (κ1) is 22.5. The zero-order valence-corrected chi connectivity index (χ0v) is 19.6. The lowest BCUT2D eigenvalue weighted by Crippen LogP contribution is -2.20. The Bertz CT molecular complexity index is 1440. The van der Waals surface area contributed by atoms with Gasteiger partial charge in [0.25, 0.3) is 0 Å². The first-order valence-corrected chi connectivity index (χ1v) is 11.9. The summed E-state index contributed by atoms with van der Waals surface area (Å²) < 4.78 is 0. The third-order valence-electron chi connectivity index (χ3n) is 6.29. The van der Waals surface area contributed by atoms with E-state index in [-0.39, 0.29) is 6.04 Å². The molecular formula is C33H28N2. The van der Waals surface area contributed by atoms with Crippen molar-refractivity contribution in [2.45, 2.75) is 12.6 Å². The second-order valence-electron chi connectivity index (χ2n) is 8.54. The highest BCUT2D eigenvalue weighted by Crippen LogP contribution is 2.37. The van der Waals surface area contributed by atoms with Crippen LogP contribution in [0.3, 0.4) is 0 Å². The van der Waals surface area contributed by atoms with Gasteiger partial charge in [0, 0.05) is 6.54 Å². The second kappa shape index (κ2) is 10.8. The van der Waals surface area contributed by atoms with E-state index in [1.54, 1.807) is 0 Å². The van der Waals surface area contributed by atoms with Gasteiger partial charge < -0.3 is 5.32 Å². The number of hydrogen-bond donors (Lipinski definition) is 1. The number of nitrogens with one attached hydrogen (secondary N) is 1. The molecule has 0 aliphatic heterocycles. The molecule has 0 radical (unpaired) electrons. The summed E-state index contributed by atoms with van der Waals surface area (Å²) in [6.07, 6.45) is 2.20. The van der Waals surface area contributed by atoms with Crippen LogP contribution in [0.15, 0.2) is 138 Å². The average molecular weight is 453 g/mol. The van der Waals surface area contributed by atoms with E-state index in [1.807, 2.05) is 24.3 Å². The van der Waals surface area contributed by atoms with Crippen molar-refractivity contribution in [3.05, 3.63) is 150 Å². The SMILES string of the molecule is C=N/C(=C\C(NCc1ccccc1)c1ccc2ccccc2c1-c1ccccc1)c1ccccc1. The van der Waals surface area contributed by atoms with Crippen LogP contribution in [-0.4, -0.2) is 6.72 Å². The molecule has 5 aromatic rings. The van der Waals surface area contributed by atoms with Gasteiger partial charge in [-0.05, 0) is 51.4 Å². The van der Waals surface area contributed by atoms with Crippen molar-refractivity contribution in [3.8, 4) is 11.1 Å². The van der Waals surface area contributed by atoms with E-state index in [9.17, 15) is 0 Å². The Balaban J connectivity index is 1.68. The van der Waals surface area contributed by atoms with Gasteiger partial charge in [0.2, 0.25) is 0 Å². The van der Waals surface area contributed by atoms with Gasteiger partial charge in [-0.2, -0.15) is 0 Å². The van der Waals surface area contributed by atoms with Crippen LogP contribution in [0.25, 0.3) is 27.6 Å². The highest BCUT2D eigenvalue weighted by atomic mass is 14.9. The lowest BCUT2D eigenvalue weighted by molar-refractivity contribution is 0.623. The van der Waals surface area contributed by atoms with E-state index >= 15 is 0 Å². The zero-order valence-electron chi connectivity index (χ0n) is 19.6. The monoisotopic (exact) mass is 452 g/mol. The lowest BCUT2D eigenvalue weighted by atomic mass is 9.89. The molecule has 1 unspecified atom stereocenters. The topological polar surface area (TPSA) is 24.4 Å². The number of hydrogen-bond acceptors (Lipinski definition) is 2. The summed E-state index contributed by atoms with van der Waals surface area (Å²) in [5.41, 5.74) is 6.80. The summed E-state index contributed by atoms with van der Waals surface area (Å²) >= 11 is 0. The van der Waals surface area contributed by atoms with Crippen molar-refractivity contribution in [2.75, 3.05) is 0 Å². The average Bonchev–Trinajstić information content (AvgIpc) is 2.94. The molecule has 2 heteroatoms. The van der Waals surface area contributed by atoms with Gasteiger partial charge in [0.05, 0.1) is 11.7 Å². The lowest BCUT2D eigenvalue weighted by Gasteiger charge is -2.22.